The van der Waals surface area contributed by atoms with Crippen LogP contribution in [-0.2, 0) is 0 Å². The Morgan fingerprint density at radius 1 is 1.39 bits per heavy atom. The van der Waals surface area contributed by atoms with Crippen LogP contribution < -0.4 is 5.32 Å². The van der Waals surface area contributed by atoms with Crippen LogP contribution in [0.5, 0.6) is 5.75 Å². The van der Waals surface area contributed by atoms with Crippen LogP contribution in [0.1, 0.15) is 30.8 Å². The van der Waals surface area contributed by atoms with E-state index in [-0.39, 0.29) is 11.8 Å². The smallest absolute Gasteiger partial charge is 0.247 e. The van der Waals surface area contributed by atoms with E-state index in [0.29, 0.717) is 11.8 Å². The number of aryl methyl sites for hydroxylation is 1. The number of rotatable bonds is 4. The minimum atomic E-state index is 0.0605. The van der Waals surface area contributed by atoms with Crippen molar-refractivity contribution < 1.29 is 9.52 Å². The largest absolute Gasteiger partial charge is 0.508 e. The molecule has 0 amide bonds. The van der Waals surface area contributed by atoms with E-state index < -0.39 is 0 Å². The molecule has 5 nitrogen and oxygen atoms in total. The van der Waals surface area contributed by atoms with Gasteiger partial charge in [0.15, 0.2) is 0 Å². The monoisotopic (exact) mass is 247 g/mol. The molecule has 1 unspecified atom stereocenters. The van der Waals surface area contributed by atoms with Crippen molar-refractivity contribution in [2.24, 2.45) is 0 Å². The first-order valence-electron chi connectivity index (χ1n) is 5.96. The Hall–Kier alpha value is -1.88. The van der Waals surface area contributed by atoms with Crippen molar-refractivity contribution in [2.75, 3.05) is 7.05 Å². The van der Waals surface area contributed by atoms with Gasteiger partial charge < -0.3 is 14.8 Å². The lowest BCUT2D eigenvalue weighted by Gasteiger charge is -2.07. The highest BCUT2D eigenvalue weighted by Gasteiger charge is 2.16. The fraction of sp³-hybridized carbons (Fsp3) is 0.385. The Morgan fingerprint density at radius 2 is 2.17 bits per heavy atom. The first-order valence-corrected chi connectivity index (χ1v) is 5.96. The Bertz CT molecular complexity index is 533. The highest BCUT2D eigenvalue weighted by molar-refractivity contribution is 5.57. The van der Waals surface area contributed by atoms with E-state index in [1.807, 2.05) is 33.0 Å². The molecule has 0 aliphatic heterocycles. The third-order valence-electron chi connectivity index (χ3n) is 2.95. The third-order valence-corrected chi connectivity index (χ3v) is 2.95. The van der Waals surface area contributed by atoms with Gasteiger partial charge in [-0.15, -0.1) is 10.2 Å². The second kappa shape index (κ2) is 5.18. The van der Waals surface area contributed by atoms with E-state index in [1.165, 1.54) is 0 Å². The molecule has 1 aromatic carbocycles. The quantitative estimate of drug-likeness (QED) is 0.868. The van der Waals surface area contributed by atoms with Gasteiger partial charge in [-0.1, -0.05) is 13.0 Å². The number of phenols is 1. The maximum Gasteiger partial charge on any atom is 0.247 e. The zero-order valence-electron chi connectivity index (χ0n) is 10.8. The van der Waals surface area contributed by atoms with E-state index in [1.54, 1.807) is 6.07 Å². The van der Waals surface area contributed by atoms with Crippen LogP contribution in [0.15, 0.2) is 22.6 Å². The molecule has 0 aliphatic carbocycles. The predicted octanol–water partition coefficient (Wildman–Crippen LogP) is 2.42. The summed E-state index contributed by atoms with van der Waals surface area (Å²) in [6, 6.07) is 5.37. The average molecular weight is 247 g/mol. The summed E-state index contributed by atoms with van der Waals surface area (Å²) in [5, 5.41) is 20.8. The van der Waals surface area contributed by atoms with E-state index in [4.69, 9.17) is 4.42 Å². The summed E-state index contributed by atoms with van der Waals surface area (Å²) < 4.78 is 5.61. The summed E-state index contributed by atoms with van der Waals surface area (Å²) in [6.45, 7) is 3.88. The van der Waals surface area contributed by atoms with Crippen molar-refractivity contribution in [1.82, 2.24) is 15.5 Å². The second-order valence-electron chi connectivity index (χ2n) is 4.20. The van der Waals surface area contributed by atoms with Crippen LogP contribution in [0.25, 0.3) is 11.5 Å². The normalized spacial score (nSPS) is 12.6. The lowest BCUT2D eigenvalue weighted by molar-refractivity contribution is 0.415. The molecule has 1 atom stereocenters. The summed E-state index contributed by atoms with van der Waals surface area (Å²) in [4.78, 5) is 0. The molecule has 18 heavy (non-hydrogen) atoms. The fourth-order valence-electron chi connectivity index (χ4n) is 1.74. The van der Waals surface area contributed by atoms with Crippen LogP contribution in [0, 0.1) is 6.92 Å². The molecule has 0 aliphatic rings. The number of benzene rings is 1. The fourth-order valence-corrected chi connectivity index (χ4v) is 1.74. The number of aromatic nitrogens is 2. The van der Waals surface area contributed by atoms with Gasteiger partial charge in [0.05, 0.1) is 6.04 Å². The van der Waals surface area contributed by atoms with Crippen LogP contribution in [0.4, 0.5) is 0 Å². The summed E-state index contributed by atoms with van der Waals surface area (Å²) in [5.41, 5.74) is 1.54. The van der Waals surface area contributed by atoms with Gasteiger partial charge in [0, 0.05) is 5.56 Å². The van der Waals surface area contributed by atoms with E-state index in [0.717, 1.165) is 17.5 Å². The molecular weight excluding hydrogens is 230 g/mol. The Kier molecular flexibility index (Phi) is 3.62. The molecular formula is C13H17N3O2. The van der Waals surface area contributed by atoms with Crippen LogP contribution in [0.3, 0.4) is 0 Å². The Balaban J connectivity index is 2.31. The first-order chi connectivity index (χ1) is 8.65. The van der Waals surface area contributed by atoms with Gasteiger partial charge in [0.25, 0.3) is 0 Å². The van der Waals surface area contributed by atoms with E-state index >= 15 is 0 Å². The molecule has 5 heteroatoms. The van der Waals surface area contributed by atoms with Gasteiger partial charge >= 0.3 is 0 Å². The average Bonchev–Trinajstić information content (AvgIpc) is 2.84. The second-order valence-corrected chi connectivity index (χ2v) is 4.20. The molecule has 0 bridgehead atoms. The molecule has 0 spiro atoms. The molecule has 2 rings (SSSR count). The van der Waals surface area contributed by atoms with E-state index in [9.17, 15) is 5.11 Å². The molecule has 1 aromatic heterocycles. The number of nitrogens with one attached hydrogen (secondary N) is 1. The molecule has 0 fully saturated rings. The topological polar surface area (TPSA) is 71.2 Å². The first kappa shape index (κ1) is 12.6. The standard InChI is InChI=1S/C13H17N3O2/c1-4-10(14-3)13-16-15-12(18-13)9-6-5-8(2)11(17)7-9/h5-7,10,14,17H,4H2,1-3H3. The highest BCUT2D eigenvalue weighted by Crippen LogP contribution is 2.26. The van der Waals surface area contributed by atoms with Gasteiger partial charge in [-0.25, -0.2) is 0 Å². The van der Waals surface area contributed by atoms with Crippen molar-refractivity contribution in [3.05, 3.63) is 29.7 Å². The molecule has 0 saturated heterocycles. The summed E-state index contributed by atoms with van der Waals surface area (Å²) >= 11 is 0. The minimum Gasteiger partial charge on any atom is -0.508 e. The maximum absolute atomic E-state index is 9.67. The molecule has 2 aromatic rings. The number of hydrogen-bond acceptors (Lipinski definition) is 5. The van der Waals surface area contributed by atoms with Crippen molar-refractivity contribution in [2.45, 2.75) is 26.3 Å². The molecule has 1 heterocycles. The van der Waals surface area contributed by atoms with Crippen LogP contribution >= 0.6 is 0 Å². The van der Waals surface area contributed by atoms with Crippen molar-refractivity contribution in [3.8, 4) is 17.2 Å². The van der Waals surface area contributed by atoms with Crippen molar-refractivity contribution in [3.63, 3.8) is 0 Å². The zero-order chi connectivity index (χ0) is 13.1. The van der Waals surface area contributed by atoms with Crippen molar-refractivity contribution in [1.29, 1.82) is 0 Å². The van der Waals surface area contributed by atoms with Gasteiger partial charge in [0.1, 0.15) is 5.75 Å². The van der Waals surface area contributed by atoms with E-state index in [2.05, 4.69) is 15.5 Å². The molecule has 96 valence electrons. The zero-order valence-corrected chi connectivity index (χ0v) is 10.8. The predicted molar refractivity (Wildman–Crippen MR) is 68.2 cm³/mol. The number of phenolic OH excluding ortho intramolecular Hbond substituents is 1. The maximum atomic E-state index is 9.67. The molecule has 0 saturated carbocycles. The summed E-state index contributed by atoms with van der Waals surface area (Å²) in [5.74, 6) is 1.22. The highest BCUT2D eigenvalue weighted by atomic mass is 16.4. The lowest BCUT2D eigenvalue weighted by Crippen LogP contribution is -2.15. The molecule has 2 N–H and O–H groups in total. The summed E-state index contributed by atoms with van der Waals surface area (Å²) in [6.07, 6.45) is 0.872. The van der Waals surface area contributed by atoms with Crippen LogP contribution in [-0.4, -0.2) is 22.4 Å². The SMILES string of the molecule is CCC(NC)c1nnc(-c2ccc(C)c(O)c2)o1. The van der Waals surface area contributed by atoms with Crippen LogP contribution in [0.2, 0.25) is 0 Å². The van der Waals surface area contributed by atoms with Gasteiger partial charge in [0.2, 0.25) is 11.8 Å². The van der Waals surface area contributed by atoms with Gasteiger partial charge in [-0.3, -0.25) is 0 Å². The Labute approximate surface area is 106 Å². The van der Waals surface area contributed by atoms with Gasteiger partial charge in [-0.2, -0.15) is 0 Å². The Morgan fingerprint density at radius 3 is 2.78 bits per heavy atom. The van der Waals surface area contributed by atoms with Gasteiger partial charge in [-0.05, 0) is 38.1 Å². The minimum absolute atomic E-state index is 0.0605. The number of nitrogens with zero attached hydrogens (tertiary/aromatic N) is 2. The third kappa shape index (κ3) is 2.36. The lowest BCUT2D eigenvalue weighted by atomic mass is 10.1. The molecule has 0 radical (unpaired) electrons. The number of hydrogen-bond donors (Lipinski definition) is 2. The number of aromatic hydroxyl groups is 1. The van der Waals surface area contributed by atoms with Crippen molar-refractivity contribution >= 4 is 0 Å². The summed E-state index contributed by atoms with van der Waals surface area (Å²) in [7, 11) is 1.86.